The largest absolute Gasteiger partial charge is 0.416 e. The second kappa shape index (κ2) is 6.33. The number of alkyl halides is 3. The molecule has 0 bridgehead atoms. The minimum absolute atomic E-state index is 0.0417. The summed E-state index contributed by atoms with van der Waals surface area (Å²) < 4.78 is 39.3. The van der Waals surface area contributed by atoms with Crippen LogP contribution in [-0.2, 0) is 12.6 Å². The molecule has 0 spiro atoms. The lowest BCUT2D eigenvalue weighted by Gasteiger charge is -2.15. The van der Waals surface area contributed by atoms with Gasteiger partial charge in [-0.3, -0.25) is 4.98 Å². The van der Waals surface area contributed by atoms with Gasteiger partial charge in [0, 0.05) is 17.3 Å². The van der Waals surface area contributed by atoms with Gasteiger partial charge in [-0.05, 0) is 18.2 Å². The molecule has 0 fully saturated rings. The van der Waals surface area contributed by atoms with Crippen molar-refractivity contribution in [1.29, 1.82) is 5.26 Å². The fraction of sp³-hybridized carbons (Fsp3) is 0.143. The van der Waals surface area contributed by atoms with Crippen LogP contribution in [0.5, 0.6) is 0 Å². The lowest BCUT2D eigenvalue weighted by Crippen LogP contribution is -2.11. The Balaban J connectivity index is 2.76. The van der Waals surface area contributed by atoms with Crippen molar-refractivity contribution in [3.05, 3.63) is 50.6 Å². The molecule has 2 nitrogen and oxygen atoms in total. The van der Waals surface area contributed by atoms with E-state index in [1.807, 2.05) is 0 Å². The molecule has 0 aliphatic carbocycles. The highest BCUT2D eigenvalue weighted by molar-refractivity contribution is 6.44. The van der Waals surface area contributed by atoms with Gasteiger partial charge in [0.05, 0.1) is 38.8 Å². The molecule has 2 aromatic rings. The summed E-state index contributed by atoms with van der Waals surface area (Å²) in [7, 11) is 0. The monoisotopic (exact) mass is 364 g/mol. The zero-order valence-corrected chi connectivity index (χ0v) is 12.9. The summed E-state index contributed by atoms with van der Waals surface area (Å²) in [6.07, 6.45) is -4.06. The standard InChI is InChI=1S/C14H6Cl3F3N2/c15-10-6-12(17)11(16)5-8(10)13-7(1-3-21)9(2-4-22-13)14(18,19)20/h2,4-6H,1H2. The van der Waals surface area contributed by atoms with Crippen LogP contribution >= 0.6 is 34.8 Å². The average molecular weight is 366 g/mol. The number of pyridine rings is 1. The summed E-state index contributed by atoms with van der Waals surface area (Å²) in [6, 6.07) is 5.18. The van der Waals surface area contributed by atoms with Crippen LogP contribution in [-0.4, -0.2) is 4.98 Å². The normalized spacial score (nSPS) is 11.3. The third kappa shape index (κ3) is 3.30. The third-order valence-corrected chi connectivity index (χ3v) is 3.92. The van der Waals surface area contributed by atoms with E-state index in [1.165, 1.54) is 12.1 Å². The van der Waals surface area contributed by atoms with Gasteiger partial charge in [-0.15, -0.1) is 0 Å². The predicted octanol–water partition coefficient (Wildman–Crippen LogP) is 5.79. The van der Waals surface area contributed by atoms with Gasteiger partial charge in [0.2, 0.25) is 0 Å². The molecule has 0 aliphatic rings. The van der Waals surface area contributed by atoms with Gasteiger partial charge in [-0.1, -0.05) is 34.8 Å². The smallest absolute Gasteiger partial charge is 0.256 e. The van der Waals surface area contributed by atoms with Crippen molar-refractivity contribution in [3.63, 3.8) is 0 Å². The van der Waals surface area contributed by atoms with E-state index < -0.39 is 18.2 Å². The van der Waals surface area contributed by atoms with Crippen LogP contribution in [0, 0.1) is 11.3 Å². The van der Waals surface area contributed by atoms with Crippen molar-refractivity contribution in [2.45, 2.75) is 12.6 Å². The van der Waals surface area contributed by atoms with Gasteiger partial charge in [-0.25, -0.2) is 0 Å². The summed E-state index contributed by atoms with van der Waals surface area (Å²) in [4.78, 5) is 3.94. The molecule has 8 heteroatoms. The zero-order chi connectivity index (χ0) is 16.5. The Labute approximate surface area is 139 Å². The lowest BCUT2D eigenvalue weighted by molar-refractivity contribution is -0.138. The highest BCUT2D eigenvalue weighted by atomic mass is 35.5. The van der Waals surface area contributed by atoms with E-state index in [0.29, 0.717) is 0 Å². The predicted molar refractivity (Wildman–Crippen MR) is 79.0 cm³/mol. The van der Waals surface area contributed by atoms with Crippen molar-refractivity contribution < 1.29 is 13.2 Å². The van der Waals surface area contributed by atoms with Gasteiger partial charge >= 0.3 is 6.18 Å². The summed E-state index contributed by atoms with van der Waals surface area (Å²) in [6.45, 7) is 0. The van der Waals surface area contributed by atoms with Crippen molar-refractivity contribution in [1.82, 2.24) is 4.98 Å². The number of benzene rings is 1. The fourth-order valence-corrected chi connectivity index (χ4v) is 2.59. The maximum atomic E-state index is 13.1. The quantitative estimate of drug-likeness (QED) is 0.631. The number of rotatable bonds is 2. The maximum absolute atomic E-state index is 13.1. The number of nitrogens with zero attached hydrogens (tertiary/aromatic N) is 2. The molecule has 0 amide bonds. The lowest BCUT2D eigenvalue weighted by atomic mass is 9.98. The van der Waals surface area contributed by atoms with Crippen molar-refractivity contribution in [2.75, 3.05) is 0 Å². The third-order valence-electron chi connectivity index (χ3n) is 2.88. The molecule has 114 valence electrons. The molecule has 0 radical (unpaired) electrons. The summed E-state index contributed by atoms with van der Waals surface area (Å²) >= 11 is 17.7. The van der Waals surface area contributed by atoms with Crippen molar-refractivity contribution >= 4 is 34.8 Å². The first-order chi connectivity index (χ1) is 10.3. The molecule has 0 N–H and O–H groups in total. The fourth-order valence-electron chi connectivity index (χ4n) is 1.95. The average Bonchev–Trinajstić information content (AvgIpc) is 2.42. The molecular formula is C14H6Cl3F3N2. The van der Waals surface area contributed by atoms with Crippen LogP contribution in [0.25, 0.3) is 11.3 Å². The first-order valence-electron chi connectivity index (χ1n) is 5.82. The van der Waals surface area contributed by atoms with E-state index in [0.717, 1.165) is 12.3 Å². The molecule has 0 saturated heterocycles. The molecule has 1 aromatic carbocycles. The minimum atomic E-state index is -4.60. The molecular weight excluding hydrogens is 360 g/mol. The number of nitriles is 1. The maximum Gasteiger partial charge on any atom is 0.416 e. The van der Waals surface area contributed by atoms with E-state index in [9.17, 15) is 13.2 Å². The van der Waals surface area contributed by atoms with Crippen LogP contribution in [0.3, 0.4) is 0 Å². The molecule has 2 rings (SSSR count). The van der Waals surface area contributed by atoms with E-state index in [2.05, 4.69) is 4.98 Å². The Hall–Kier alpha value is -1.48. The van der Waals surface area contributed by atoms with Gasteiger partial charge in [-0.2, -0.15) is 18.4 Å². The highest BCUT2D eigenvalue weighted by Gasteiger charge is 2.35. The molecule has 1 aromatic heterocycles. The highest BCUT2D eigenvalue weighted by Crippen LogP contribution is 2.40. The molecule has 0 aliphatic heterocycles. The Bertz CT molecular complexity index is 767. The Morgan fingerprint density at radius 1 is 1.09 bits per heavy atom. The van der Waals surface area contributed by atoms with E-state index in [1.54, 1.807) is 6.07 Å². The van der Waals surface area contributed by atoms with Crippen molar-refractivity contribution in [3.8, 4) is 17.3 Å². The first kappa shape index (κ1) is 16.9. The summed E-state index contributed by atoms with van der Waals surface area (Å²) in [5.74, 6) is 0. The van der Waals surface area contributed by atoms with Crippen LogP contribution in [0.4, 0.5) is 13.2 Å². The number of hydrogen-bond acceptors (Lipinski definition) is 2. The van der Waals surface area contributed by atoms with Crippen LogP contribution in [0.15, 0.2) is 24.4 Å². The Morgan fingerprint density at radius 3 is 2.32 bits per heavy atom. The van der Waals surface area contributed by atoms with Crippen molar-refractivity contribution in [2.24, 2.45) is 0 Å². The first-order valence-corrected chi connectivity index (χ1v) is 6.96. The summed E-state index contributed by atoms with van der Waals surface area (Å²) in [5.41, 5.74) is -1.04. The Kier molecular flexibility index (Phi) is 4.86. The molecule has 0 unspecified atom stereocenters. The van der Waals surface area contributed by atoms with E-state index in [-0.39, 0.29) is 31.9 Å². The van der Waals surface area contributed by atoms with Gasteiger partial charge in [0.15, 0.2) is 0 Å². The van der Waals surface area contributed by atoms with Gasteiger partial charge < -0.3 is 0 Å². The minimum Gasteiger partial charge on any atom is -0.256 e. The Morgan fingerprint density at radius 2 is 1.73 bits per heavy atom. The number of aromatic nitrogens is 1. The van der Waals surface area contributed by atoms with Crippen LogP contribution < -0.4 is 0 Å². The van der Waals surface area contributed by atoms with Gasteiger partial charge in [0.1, 0.15) is 0 Å². The molecule has 0 atom stereocenters. The van der Waals surface area contributed by atoms with Gasteiger partial charge in [0.25, 0.3) is 0 Å². The van der Waals surface area contributed by atoms with E-state index >= 15 is 0 Å². The van der Waals surface area contributed by atoms with Crippen LogP contribution in [0.2, 0.25) is 15.1 Å². The topological polar surface area (TPSA) is 36.7 Å². The van der Waals surface area contributed by atoms with E-state index in [4.69, 9.17) is 40.1 Å². The molecule has 22 heavy (non-hydrogen) atoms. The summed E-state index contributed by atoms with van der Waals surface area (Å²) in [5, 5.41) is 9.22. The SMILES string of the molecule is N#CCc1c(C(F)(F)F)ccnc1-c1cc(Cl)c(Cl)cc1Cl. The van der Waals surface area contributed by atoms with Crippen LogP contribution in [0.1, 0.15) is 11.1 Å². The molecule has 0 saturated carbocycles. The zero-order valence-electron chi connectivity index (χ0n) is 10.7. The number of hydrogen-bond donors (Lipinski definition) is 0. The number of halogens is 6. The second-order valence-electron chi connectivity index (χ2n) is 4.26. The second-order valence-corrected chi connectivity index (χ2v) is 5.49. The molecule has 1 heterocycles.